The summed E-state index contributed by atoms with van der Waals surface area (Å²) in [4.78, 5) is 15.1. The molecule has 0 saturated carbocycles. The van der Waals surface area contributed by atoms with E-state index < -0.39 is 0 Å². The summed E-state index contributed by atoms with van der Waals surface area (Å²) in [6.07, 6.45) is 4.40. The maximum absolute atomic E-state index is 13.2. The molecule has 1 heterocycles. The Morgan fingerprint density at radius 1 is 1.20 bits per heavy atom. The van der Waals surface area contributed by atoms with Gasteiger partial charge in [0.2, 0.25) is 5.91 Å². The van der Waals surface area contributed by atoms with Crippen LogP contribution < -0.4 is 0 Å². The van der Waals surface area contributed by atoms with E-state index in [2.05, 4.69) is 38.3 Å². The number of hydrogen-bond acceptors (Lipinski definition) is 2. The molecule has 0 saturated heterocycles. The maximum Gasteiger partial charge on any atom is 0.223 e. The summed E-state index contributed by atoms with van der Waals surface area (Å²) in [5.41, 5.74) is 2.32. The number of ether oxygens (including phenoxy) is 1. The quantitative estimate of drug-likeness (QED) is 0.453. The van der Waals surface area contributed by atoms with E-state index in [4.69, 9.17) is 4.74 Å². The standard InChI is InChI=1S/C25H37FN2O2/c1-20(17-25(2,3)4)16-24(29)28(14-7-15-30-5)19-23-8-6-13-27(23)18-21-9-11-22(26)12-10-21/h6,8-13,20H,7,14-19H2,1-5H3/t20-/m1/s1. The Kier molecular flexibility index (Phi) is 9.09. The van der Waals surface area contributed by atoms with Gasteiger partial charge in [0.1, 0.15) is 5.82 Å². The molecule has 0 aliphatic rings. The zero-order chi connectivity index (χ0) is 22.1. The van der Waals surface area contributed by atoms with E-state index in [0.717, 1.165) is 24.1 Å². The molecule has 1 atom stereocenters. The fraction of sp³-hybridized carbons (Fsp3) is 0.560. The molecule has 0 spiro atoms. The topological polar surface area (TPSA) is 34.5 Å². The van der Waals surface area contributed by atoms with Crippen LogP contribution in [-0.4, -0.2) is 35.6 Å². The van der Waals surface area contributed by atoms with Gasteiger partial charge >= 0.3 is 0 Å². The predicted molar refractivity (Wildman–Crippen MR) is 120 cm³/mol. The van der Waals surface area contributed by atoms with Gasteiger partial charge in [-0.25, -0.2) is 4.39 Å². The van der Waals surface area contributed by atoms with Crippen LogP contribution in [-0.2, 0) is 22.6 Å². The molecular formula is C25H37FN2O2. The van der Waals surface area contributed by atoms with Crippen molar-refractivity contribution in [2.24, 2.45) is 11.3 Å². The zero-order valence-corrected chi connectivity index (χ0v) is 19.2. The van der Waals surface area contributed by atoms with Crippen LogP contribution >= 0.6 is 0 Å². The molecule has 166 valence electrons. The van der Waals surface area contributed by atoms with Gasteiger partial charge in [0.15, 0.2) is 0 Å². The van der Waals surface area contributed by atoms with Gasteiger partial charge in [0.25, 0.3) is 0 Å². The number of methoxy groups -OCH3 is 1. The molecule has 0 aliphatic heterocycles. The monoisotopic (exact) mass is 416 g/mol. The van der Waals surface area contributed by atoms with Crippen molar-refractivity contribution in [3.63, 3.8) is 0 Å². The van der Waals surface area contributed by atoms with Crippen LogP contribution in [0.5, 0.6) is 0 Å². The van der Waals surface area contributed by atoms with Gasteiger partial charge in [-0.05, 0) is 54.0 Å². The minimum Gasteiger partial charge on any atom is -0.385 e. The summed E-state index contributed by atoms with van der Waals surface area (Å²) in [5, 5.41) is 0. The Balaban J connectivity index is 2.07. The average Bonchev–Trinajstić information content (AvgIpc) is 3.08. The van der Waals surface area contributed by atoms with Crippen molar-refractivity contribution in [1.29, 1.82) is 0 Å². The molecule has 0 bridgehead atoms. The van der Waals surface area contributed by atoms with Gasteiger partial charge in [0.05, 0.1) is 6.54 Å². The number of nitrogens with zero attached hydrogens (tertiary/aromatic N) is 2. The van der Waals surface area contributed by atoms with Crippen LogP contribution in [0, 0.1) is 17.2 Å². The normalized spacial score (nSPS) is 12.7. The minimum atomic E-state index is -0.231. The van der Waals surface area contributed by atoms with Gasteiger partial charge in [-0.2, -0.15) is 0 Å². The lowest BCUT2D eigenvalue weighted by Gasteiger charge is -2.27. The molecule has 0 unspecified atom stereocenters. The summed E-state index contributed by atoms with van der Waals surface area (Å²) in [5.74, 6) is 0.302. The van der Waals surface area contributed by atoms with Crippen molar-refractivity contribution in [2.45, 2.75) is 60.0 Å². The Bertz CT molecular complexity index is 777. The van der Waals surface area contributed by atoms with E-state index in [9.17, 15) is 9.18 Å². The number of halogens is 1. The first-order valence-corrected chi connectivity index (χ1v) is 10.8. The van der Waals surface area contributed by atoms with E-state index in [1.54, 1.807) is 19.2 Å². The van der Waals surface area contributed by atoms with Crippen LogP contribution in [0.3, 0.4) is 0 Å². The number of carbonyl (C=O) groups is 1. The van der Waals surface area contributed by atoms with Crippen LogP contribution in [0.15, 0.2) is 42.6 Å². The highest BCUT2D eigenvalue weighted by Crippen LogP contribution is 2.26. The van der Waals surface area contributed by atoms with E-state index in [0.29, 0.717) is 38.6 Å². The van der Waals surface area contributed by atoms with Crippen molar-refractivity contribution >= 4 is 5.91 Å². The number of aromatic nitrogens is 1. The number of carbonyl (C=O) groups excluding carboxylic acids is 1. The molecule has 2 rings (SSSR count). The van der Waals surface area contributed by atoms with Crippen molar-refractivity contribution < 1.29 is 13.9 Å². The SMILES string of the molecule is COCCCN(Cc1cccn1Cc1ccc(F)cc1)C(=O)C[C@@H](C)CC(C)(C)C. The number of amides is 1. The van der Waals surface area contributed by atoms with Gasteiger partial charge in [0, 0.05) is 45.1 Å². The summed E-state index contributed by atoms with van der Waals surface area (Å²) < 4.78 is 20.5. The highest BCUT2D eigenvalue weighted by Gasteiger charge is 2.21. The van der Waals surface area contributed by atoms with Crippen LogP contribution in [0.1, 0.15) is 58.2 Å². The number of benzene rings is 1. The second-order valence-corrected chi connectivity index (χ2v) is 9.49. The zero-order valence-electron chi connectivity index (χ0n) is 19.2. The van der Waals surface area contributed by atoms with Crippen LogP contribution in [0.4, 0.5) is 4.39 Å². The minimum absolute atomic E-state index is 0.192. The Morgan fingerprint density at radius 2 is 1.90 bits per heavy atom. The molecule has 0 aliphatic carbocycles. The Hall–Kier alpha value is -2.14. The Morgan fingerprint density at radius 3 is 2.53 bits per heavy atom. The summed E-state index contributed by atoms with van der Waals surface area (Å²) in [6, 6.07) is 10.6. The van der Waals surface area contributed by atoms with E-state index in [1.807, 2.05) is 17.2 Å². The molecule has 1 amide bonds. The van der Waals surface area contributed by atoms with E-state index in [1.165, 1.54) is 12.1 Å². The van der Waals surface area contributed by atoms with E-state index in [-0.39, 0.29) is 17.1 Å². The molecule has 0 radical (unpaired) electrons. The third kappa shape index (κ3) is 8.31. The summed E-state index contributed by atoms with van der Waals surface area (Å²) >= 11 is 0. The smallest absolute Gasteiger partial charge is 0.223 e. The third-order valence-electron chi connectivity index (χ3n) is 5.16. The van der Waals surface area contributed by atoms with Gasteiger partial charge in [-0.3, -0.25) is 4.79 Å². The molecule has 1 aromatic carbocycles. The molecular weight excluding hydrogens is 379 g/mol. The van der Waals surface area contributed by atoms with Crippen molar-refractivity contribution in [2.75, 3.05) is 20.3 Å². The summed E-state index contributed by atoms with van der Waals surface area (Å²) in [7, 11) is 1.69. The van der Waals surface area contributed by atoms with Crippen LogP contribution in [0.2, 0.25) is 0 Å². The second-order valence-electron chi connectivity index (χ2n) is 9.49. The first-order valence-electron chi connectivity index (χ1n) is 10.8. The molecule has 5 heteroatoms. The van der Waals surface area contributed by atoms with Gasteiger partial charge in [-0.1, -0.05) is 39.8 Å². The molecule has 30 heavy (non-hydrogen) atoms. The van der Waals surface area contributed by atoms with Gasteiger partial charge in [-0.15, -0.1) is 0 Å². The van der Waals surface area contributed by atoms with Crippen molar-refractivity contribution in [1.82, 2.24) is 9.47 Å². The molecule has 1 aromatic heterocycles. The first kappa shape index (κ1) is 24.1. The highest BCUT2D eigenvalue weighted by molar-refractivity contribution is 5.76. The molecule has 2 aromatic rings. The fourth-order valence-corrected chi connectivity index (χ4v) is 3.97. The second kappa shape index (κ2) is 11.3. The molecule has 4 nitrogen and oxygen atoms in total. The molecule has 0 fully saturated rings. The number of rotatable bonds is 11. The third-order valence-corrected chi connectivity index (χ3v) is 5.16. The van der Waals surface area contributed by atoms with Crippen LogP contribution in [0.25, 0.3) is 0 Å². The number of hydrogen-bond donors (Lipinski definition) is 0. The fourth-order valence-electron chi connectivity index (χ4n) is 3.97. The molecule has 0 N–H and O–H groups in total. The van der Waals surface area contributed by atoms with Crippen molar-refractivity contribution in [3.8, 4) is 0 Å². The Labute approximate surface area is 181 Å². The average molecular weight is 417 g/mol. The largest absolute Gasteiger partial charge is 0.385 e. The maximum atomic E-state index is 13.2. The lowest BCUT2D eigenvalue weighted by molar-refractivity contribution is -0.133. The summed E-state index contributed by atoms with van der Waals surface area (Å²) in [6.45, 7) is 11.3. The highest BCUT2D eigenvalue weighted by atomic mass is 19.1. The van der Waals surface area contributed by atoms with Crippen molar-refractivity contribution in [3.05, 3.63) is 59.7 Å². The predicted octanol–water partition coefficient (Wildman–Crippen LogP) is 5.50. The lowest BCUT2D eigenvalue weighted by Crippen LogP contribution is -2.34. The lowest BCUT2D eigenvalue weighted by atomic mass is 9.84. The first-order chi connectivity index (χ1) is 14.2. The van der Waals surface area contributed by atoms with Gasteiger partial charge < -0.3 is 14.2 Å². The van der Waals surface area contributed by atoms with E-state index >= 15 is 0 Å².